The Morgan fingerprint density at radius 1 is 0.966 bits per heavy atom. The van der Waals surface area contributed by atoms with Crippen LogP contribution in [-0.4, -0.2) is 23.8 Å². The average Bonchev–Trinajstić information content (AvgIpc) is 2.65. The van der Waals surface area contributed by atoms with E-state index < -0.39 is 42.1 Å². The molecule has 0 bridgehead atoms. The Morgan fingerprint density at radius 2 is 1.55 bits per heavy atom. The van der Waals surface area contributed by atoms with Gasteiger partial charge in [0.05, 0.1) is 6.04 Å². The van der Waals surface area contributed by atoms with E-state index in [0.717, 1.165) is 17.7 Å². The molecule has 2 atom stereocenters. The molecule has 2 aromatic rings. The first-order valence-electron chi connectivity index (χ1n) is 9.30. The summed E-state index contributed by atoms with van der Waals surface area (Å²) in [4.78, 5) is 36.4. The first-order valence-corrected chi connectivity index (χ1v) is 9.30. The summed E-state index contributed by atoms with van der Waals surface area (Å²) in [6, 6.07) is 10.4. The van der Waals surface area contributed by atoms with Gasteiger partial charge in [-0.3, -0.25) is 9.59 Å². The second-order valence-electron chi connectivity index (χ2n) is 7.25. The number of aryl methyl sites for hydroxylation is 1. The van der Waals surface area contributed by atoms with E-state index in [0.29, 0.717) is 5.56 Å². The van der Waals surface area contributed by atoms with Gasteiger partial charge in [0.2, 0.25) is 5.91 Å². The van der Waals surface area contributed by atoms with E-state index in [2.05, 4.69) is 10.6 Å². The molecule has 0 spiro atoms. The summed E-state index contributed by atoms with van der Waals surface area (Å²) in [5.41, 5.74) is 1.84. The zero-order chi connectivity index (χ0) is 21.6. The summed E-state index contributed by atoms with van der Waals surface area (Å²) in [6.45, 7) is 5.42. The minimum atomic E-state index is -1.30. The quantitative estimate of drug-likeness (QED) is 0.708. The standard InChI is InChI=1S/C22H25FN2O4/c1-13(2)20(25-21(28)16-8-10-17(23)11-9-16)22(29)24-18(12-19(26)27)15-6-4-14(3)5-7-15/h4-11,13,18,20H,12H2,1-3H3,(H,24,29)(H,25,28)(H,26,27)/p-1/t18-,20+/m0/s1. The summed E-state index contributed by atoms with van der Waals surface area (Å²) in [5.74, 6) is -3.07. The highest BCUT2D eigenvalue weighted by Crippen LogP contribution is 2.18. The van der Waals surface area contributed by atoms with Gasteiger partial charge in [-0.15, -0.1) is 0 Å². The maximum atomic E-state index is 13.1. The molecule has 6 nitrogen and oxygen atoms in total. The van der Waals surface area contributed by atoms with E-state index in [4.69, 9.17) is 0 Å². The van der Waals surface area contributed by atoms with Crippen LogP contribution in [0.5, 0.6) is 0 Å². The summed E-state index contributed by atoms with van der Waals surface area (Å²) < 4.78 is 13.1. The lowest BCUT2D eigenvalue weighted by Crippen LogP contribution is -2.51. The Labute approximate surface area is 169 Å². The second-order valence-corrected chi connectivity index (χ2v) is 7.25. The van der Waals surface area contributed by atoms with E-state index in [1.165, 1.54) is 12.1 Å². The summed E-state index contributed by atoms with van der Waals surface area (Å²) in [7, 11) is 0. The third kappa shape index (κ3) is 6.41. The molecule has 0 aliphatic carbocycles. The van der Waals surface area contributed by atoms with Gasteiger partial charge in [0.15, 0.2) is 0 Å². The number of hydrogen-bond acceptors (Lipinski definition) is 4. The number of carbonyl (C=O) groups excluding carboxylic acids is 3. The first kappa shape index (κ1) is 22.1. The summed E-state index contributed by atoms with van der Waals surface area (Å²) in [5, 5.41) is 16.5. The molecular formula is C22H24FN2O4-. The lowest BCUT2D eigenvalue weighted by atomic mass is 9.99. The molecule has 2 amide bonds. The van der Waals surface area contributed by atoms with Crippen molar-refractivity contribution in [3.63, 3.8) is 0 Å². The van der Waals surface area contributed by atoms with Gasteiger partial charge in [-0.1, -0.05) is 43.7 Å². The molecule has 0 aliphatic rings. The van der Waals surface area contributed by atoms with Crippen molar-refractivity contribution in [1.82, 2.24) is 10.6 Å². The molecule has 2 aromatic carbocycles. The molecule has 0 saturated carbocycles. The average molecular weight is 399 g/mol. The van der Waals surface area contributed by atoms with E-state index in [1.54, 1.807) is 26.0 Å². The molecule has 0 aromatic heterocycles. The molecule has 154 valence electrons. The number of carboxylic acids is 1. The highest BCUT2D eigenvalue weighted by atomic mass is 19.1. The van der Waals surface area contributed by atoms with Gasteiger partial charge in [0, 0.05) is 18.0 Å². The highest BCUT2D eigenvalue weighted by molar-refractivity contribution is 5.97. The third-order valence-corrected chi connectivity index (χ3v) is 4.51. The van der Waals surface area contributed by atoms with Crippen molar-refractivity contribution < 1.29 is 23.9 Å². The number of benzene rings is 2. The number of rotatable bonds is 8. The Bertz CT molecular complexity index is 863. The van der Waals surface area contributed by atoms with Crippen LogP contribution in [0, 0.1) is 18.7 Å². The fourth-order valence-corrected chi connectivity index (χ4v) is 2.84. The Morgan fingerprint density at radius 3 is 2.07 bits per heavy atom. The number of nitrogens with one attached hydrogen (secondary N) is 2. The van der Waals surface area contributed by atoms with Crippen LogP contribution in [0.3, 0.4) is 0 Å². The van der Waals surface area contributed by atoms with Gasteiger partial charge in [0.25, 0.3) is 5.91 Å². The van der Waals surface area contributed by atoms with Crippen molar-refractivity contribution in [2.45, 2.75) is 39.3 Å². The van der Waals surface area contributed by atoms with Crippen LogP contribution in [0.4, 0.5) is 4.39 Å². The van der Waals surface area contributed by atoms with Crippen LogP contribution in [-0.2, 0) is 9.59 Å². The molecule has 0 fully saturated rings. The van der Waals surface area contributed by atoms with Crippen molar-refractivity contribution in [1.29, 1.82) is 0 Å². The molecule has 0 saturated heterocycles. The van der Waals surface area contributed by atoms with Crippen LogP contribution in [0.25, 0.3) is 0 Å². The van der Waals surface area contributed by atoms with Gasteiger partial charge < -0.3 is 20.5 Å². The Balaban J connectivity index is 2.16. The van der Waals surface area contributed by atoms with Crippen molar-refractivity contribution in [3.05, 3.63) is 71.0 Å². The zero-order valence-corrected chi connectivity index (χ0v) is 16.6. The molecular weight excluding hydrogens is 375 g/mol. The minimum absolute atomic E-state index is 0.217. The maximum absolute atomic E-state index is 13.1. The number of halogens is 1. The van der Waals surface area contributed by atoms with Crippen LogP contribution >= 0.6 is 0 Å². The third-order valence-electron chi connectivity index (χ3n) is 4.51. The lowest BCUT2D eigenvalue weighted by Gasteiger charge is -2.26. The zero-order valence-electron chi connectivity index (χ0n) is 16.6. The van der Waals surface area contributed by atoms with Gasteiger partial charge in [-0.25, -0.2) is 4.39 Å². The predicted molar refractivity (Wildman–Crippen MR) is 104 cm³/mol. The van der Waals surface area contributed by atoms with Gasteiger partial charge >= 0.3 is 0 Å². The summed E-state index contributed by atoms with van der Waals surface area (Å²) >= 11 is 0. The van der Waals surface area contributed by atoms with E-state index in [-0.39, 0.29) is 11.5 Å². The van der Waals surface area contributed by atoms with Crippen LogP contribution in [0.15, 0.2) is 48.5 Å². The highest BCUT2D eigenvalue weighted by Gasteiger charge is 2.27. The molecule has 0 unspecified atom stereocenters. The van der Waals surface area contributed by atoms with E-state index >= 15 is 0 Å². The molecule has 2 N–H and O–H groups in total. The second kappa shape index (κ2) is 9.82. The smallest absolute Gasteiger partial charge is 0.251 e. The number of amides is 2. The molecule has 2 rings (SSSR count). The number of aliphatic carboxylic acids is 1. The molecule has 0 radical (unpaired) electrons. The molecule has 7 heteroatoms. The van der Waals surface area contributed by atoms with Crippen molar-refractivity contribution in [3.8, 4) is 0 Å². The first-order chi connectivity index (χ1) is 13.7. The maximum Gasteiger partial charge on any atom is 0.251 e. The number of hydrogen-bond donors (Lipinski definition) is 2. The van der Waals surface area contributed by atoms with E-state index in [9.17, 15) is 23.9 Å². The summed E-state index contributed by atoms with van der Waals surface area (Å²) in [6.07, 6.45) is -0.397. The van der Waals surface area contributed by atoms with Crippen LogP contribution < -0.4 is 15.7 Å². The lowest BCUT2D eigenvalue weighted by molar-refractivity contribution is -0.306. The van der Waals surface area contributed by atoms with Crippen molar-refractivity contribution in [2.24, 2.45) is 5.92 Å². The fraction of sp³-hybridized carbons (Fsp3) is 0.318. The Hall–Kier alpha value is -3.22. The van der Waals surface area contributed by atoms with Crippen LogP contribution in [0.1, 0.15) is 47.8 Å². The number of carbonyl (C=O) groups is 3. The molecule has 0 aliphatic heterocycles. The predicted octanol–water partition coefficient (Wildman–Crippen LogP) is 1.89. The topological polar surface area (TPSA) is 98.3 Å². The SMILES string of the molecule is Cc1ccc([C@H](CC(=O)[O-])NC(=O)[C@H](NC(=O)c2ccc(F)cc2)C(C)C)cc1. The largest absolute Gasteiger partial charge is 0.550 e. The normalized spacial score (nSPS) is 12.9. The van der Waals surface area contributed by atoms with Gasteiger partial charge in [-0.2, -0.15) is 0 Å². The van der Waals surface area contributed by atoms with Crippen LogP contribution in [0.2, 0.25) is 0 Å². The van der Waals surface area contributed by atoms with Crippen molar-refractivity contribution >= 4 is 17.8 Å². The molecule has 29 heavy (non-hydrogen) atoms. The Kier molecular flexibility index (Phi) is 7.47. The van der Waals surface area contributed by atoms with E-state index in [1.807, 2.05) is 19.1 Å². The number of carboxylic acid groups (broad SMARTS) is 1. The molecule has 0 heterocycles. The minimum Gasteiger partial charge on any atom is -0.550 e. The van der Waals surface area contributed by atoms with Gasteiger partial charge in [-0.05, 0) is 42.7 Å². The van der Waals surface area contributed by atoms with Crippen molar-refractivity contribution in [2.75, 3.05) is 0 Å². The monoisotopic (exact) mass is 399 g/mol. The van der Waals surface area contributed by atoms with Gasteiger partial charge in [0.1, 0.15) is 11.9 Å². The fourth-order valence-electron chi connectivity index (χ4n) is 2.84.